The van der Waals surface area contributed by atoms with Gasteiger partial charge in [-0.05, 0) is 42.9 Å². The van der Waals surface area contributed by atoms with Crippen molar-refractivity contribution < 1.29 is 9.53 Å². The Morgan fingerprint density at radius 3 is 3.08 bits per heavy atom. The van der Waals surface area contributed by atoms with Crippen LogP contribution in [0.4, 0.5) is 0 Å². The summed E-state index contributed by atoms with van der Waals surface area (Å²) in [7, 11) is 0. The Labute approximate surface area is 144 Å². The Hall–Kier alpha value is -1.46. The predicted molar refractivity (Wildman–Crippen MR) is 93.6 cm³/mol. The molecule has 5 heteroatoms. The van der Waals surface area contributed by atoms with Gasteiger partial charge in [-0.25, -0.2) is 0 Å². The maximum absolute atomic E-state index is 12.3. The zero-order chi connectivity index (χ0) is 16.8. The minimum Gasteiger partial charge on any atom is -0.381 e. The van der Waals surface area contributed by atoms with Crippen LogP contribution < -0.4 is 5.32 Å². The molecular weight excluding hydrogens is 302 g/mol. The summed E-state index contributed by atoms with van der Waals surface area (Å²) in [4.78, 5) is 19.1. The number of carbonyl (C=O) groups excluding carboxylic acids is 1. The quantitative estimate of drug-likeness (QED) is 0.827. The standard InChI is InChI=1S/C19H29N3O2/c1-2-9-22-11-16-14-24-13-15(18(16)12-22)10-19(23)21-8-6-17-5-3-4-7-20-17/h3-5,7,15-16,18H,2,6,8-14H2,1H3,(H,21,23)/t15-,16-,18+/m0/s1. The Balaban J connectivity index is 1.43. The molecule has 0 unspecified atom stereocenters. The second-order valence-corrected chi connectivity index (χ2v) is 7.11. The number of nitrogens with one attached hydrogen (secondary N) is 1. The van der Waals surface area contributed by atoms with E-state index in [1.807, 2.05) is 18.2 Å². The molecule has 0 saturated carbocycles. The number of pyridine rings is 1. The highest BCUT2D eigenvalue weighted by Gasteiger charge is 2.41. The number of fused-ring (bicyclic) bond motifs is 1. The van der Waals surface area contributed by atoms with Crippen LogP contribution in [0.15, 0.2) is 24.4 Å². The number of ether oxygens (including phenoxy) is 1. The third-order valence-corrected chi connectivity index (χ3v) is 5.25. The van der Waals surface area contributed by atoms with E-state index in [0.29, 0.717) is 30.7 Å². The van der Waals surface area contributed by atoms with E-state index in [4.69, 9.17) is 4.74 Å². The molecule has 0 aliphatic carbocycles. The van der Waals surface area contributed by atoms with Gasteiger partial charge >= 0.3 is 0 Å². The van der Waals surface area contributed by atoms with Crippen molar-refractivity contribution in [1.29, 1.82) is 0 Å². The van der Waals surface area contributed by atoms with Crippen molar-refractivity contribution in [3.8, 4) is 0 Å². The van der Waals surface area contributed by atoms with Gasteiger partial charge in [-0.2, -0.15) is 0 Å². The van der Waals surface area contributed by atoms with Gasteiger partial charge in [0, 0.05) is 44.4 Å². The predicted octanol–water partition coefficient (Wildman–Crippen LogP) is 1.73. The van der Waals surface area contributed by atoms with Crippen LogP contribution in [-0.4, -0.2) is 55.2 Å². The summed E-state index contributed by atoms with van der Waals surface area (Å²) in [5.41, 5.74) is 1.02. The number of likely N-dealkylation sites (tertiary alicyclic amines) is 1. The van der Waals surface area contributed by atoms with Gasteiger partial charge < -0.3 is 15.0 Å². The molecule has 5 nitrogen and oxygen atoms in total. The minimum absolute atomic E-state index is 0.147. The van der Waals surface area contributed by atoms with Crippen LogP contribution in [0.2, 0.25) is 0 Å². The molecule has 3 heterocycles. The summed E-state index contributed by atoms with van der Waals surface area (Å²) in [5, 5.41) is 3.05. The van der Waals surface area contributed by atoms with E-state index in [2.05, 4.69) is 22.1 Å². The Morgan fingerprint density at radius 2 is 2.29 bits per heavy atom. The van der Waals surface area contributed by atoms with E-state index in [1.54, 1.807) is 6.20 Å². The van der Waals surface area contributed by atoms with Crippen molar-refractivity contribution in [3.05, 3.63) is 30.1 Å². The molecule has 3 rings (SSSR count). The molecular formula is C19H29N3O2. The first kappa shape index (κ1) is 17.4. The van der Waals surface area contributed by atoms with Crippen LogP contribution >= 0.6 is 0 Å². The maximum atomic E-state index is 12.3. The average molecular weight is 331 g/mol. The number of nitrogens with zero attached hydrogens (tertiary/aromatic N) is 2. The molecule has 3 atom stereocenters. The molecule has 1 aromatic rings. The first-order valence-corrected chi connectivity index (χ1v) is 9.23. The molecule has 2 aliphatic heterocycles. The van der Waals surface area contributed by atoms with Crippen LogP contribution in [0.25, 0.3) is 0 Å². The Kier molecular flexibility index (Phi) is 6.21. The minimum atomic E-state index is 0.147. The Bertz CT molecular complexity index is 523. The topological polar surface area (TPSA) is 54.5 Å². The summed E-state index contributed by atoms with van der Waals surface area (Å²) < 4.78 is 5.78. The van der Waals surface area contributed by atoms with Crippen LogP contribution in [0.3, 0.4) is 0 Å². The highest BCUT2D eigenvalue weighted by Crippen LogP contribution is 2.35. The van der Waals surface area contributed by atoms with E-state index in [9.17, 15) is 4.79 Å². The fourth-order valence-electron chi connectivity index (χ4n) is 4.09. The van der Waals surface area contributed by atoms with Crippen LogP contribution in [0.5, 0.6) is 0 Å². The van der Waals surface area contributed by atoms with Gasteiger partial charge in [0.25, 0.3) is 0 Å². The third kappa shape index (κ3) is 4.54. The van der Waals surface area contributed by atoms with E-state index < -0.39 is 0 Å². The lowest BCUT2D eigenvalue weighted by Gasteiger charge is -2.32. The van der Waals surface area contributed by atoms with Gasteiger partial charge in [0.15, 0.2) is 0 Å². The molecule has 0 radical (unpaired) electrons. The molecule has 2 saturated heterocycles. The smallest absolute Gasteiger partial charge is 0.220 e. The van der Waals surface area contributed by atoms with Crippen LogP contribution in [-0.2, 0) is 16.0 Å². The van der Waals surface area contributed by atoms with Crippen molar-refractivity contribution in [2.75, 3.05) is 39.4 Å². The number of aromatic nitrogens is 1. The first-order valence-electron chi connectivity index (χ1n) is 9.23. The lowest BCUT2D eigenvalue weighted by atomic mass is 9.81. The van der Waals surface area contributed by atoms with Crippen LogP contribution in [0.1, 0.15) is 25.5 Å². The third-order valence-electron chi connectivity index (χ3n) is 5.25. The molecule has 1 aromatic heterocycles. The number of hydrogen-bond donors (Lipinski definition) is 1. The summed E-state index contributed by atoms with van der Waals surface area (Å²) >= 11 is 0. The van der Waals surface area contributed by atoms with Crippen molar-refractivity contribution in [1.82, 2.24) is 15.2 Å². The van der Waals surface area contributed by atoms with Gasteiger partial charge in [0.05, 0.1) is 13.2 Å². The Morgan fingerprint density at radius 1 is 1.38 bits per heavy atom. The first-order chi connectivity index (χ1) is 11.8. The van der Waals surface area contributed by atoms with E-state index >= 15 is 0 Å². The van der Waals surface area contributed by atoms with Crippen molar-refractivity contribution >= 4 is 5.91 Å². The molecule has 0 aromatic carbocycles. The summed E-state index contributed by atoms with van der Waals surface area (Å²) in [5.74, 6) is 1.73. The zero-order valence-corrected chi connectivity index (χ0v) is 14.6. The average Bonchev–Trinajstić information content (AvgIpc) is 3.00. The molecule has 24 heavy (non-hydrogen) atoms. The van der Waals surface area contributed by atoms with Crippen molar-refractivity contribution in [2.45, 2.75) is 26.2 Å². The number of carbonyl (C=O) groups is 1. The van der Waals surface area contributed by atoms with Crippen LogP contribution in [0, 0.1) is 17.8 Å². The normalized spacial score (nSPS) is 27.0. The largest absolute Gasteiger partial charge is 0.381 e. The second kappa shape index (κ2) is 8.58. The molecule has 1 amide bonds. The maximum Gasteiger partial charge on any atom is 0.220 e. The van der Waals surface area contributed by atoms with E-state index in [-0.39, 0.29) is 5.91 Å². The molecule has 2 fully saturated rings. The summed E-state index contributed by atoms with van der Waals surface area (Å²) in [6.45, 7) is 7.90. The number of amides is 1. The van der Waals surface area contributed by atoms with E-state index in [1.165, 1.54) is 6.42 Å². The zero-order valence-electron chi connectivity index (χ0n) is 14.6. The molecule has 2 aliphatic rings. The summed E-state index contributed by atoms with van der Waals surface area (Å²) in [6.07, 6.45) is 4.35. The van der Waals surface area contributed by atoms with Gasteiger partial charge in [-0.15, -0.1) is 0 Å². The SMILES string of the molecule is CCCN1C[C@H]2COC[C@H](CC(=O)NCCc3ccccn3)[C@H]2C1. The molecule has 0 bridgehead atoms. The highest BCUT2D eigenvalue weighted by molar-refractivity contribution is 5.76. The fraction of sp³-hybridized carbons (Fsp3) is 0.684. The molecule has 0 spiro atoms. The fourth-order valence-corrected chi connectivity index (χ4v) is 4.09. The second-order valence-electron chi connectivity index (χ2n) is 7.11. The number of hydrogen-bond acceptors (Lipinski definition) is 4. The van der Waals surface area contributed by atoms with Gasteiger partial charge in [-0.1, -0.05) is 13.0 Å². The van der Waals surface area contributed by atoms with Crippen molar-refractivity contribution in [2.24, 2.45) is 17.8 Å². The molecule has 132 valence electrons. The molecule has 1 N–H and O–H groups in total. The summed E-state index contributed by atoms with van der Waals surface area (Å²) in [6, 6.07) is 5.88. The number of rotatable bonds is 7. The van der Waals surface area contributed by atoms with Gasteiger partial charge in [0.2, 0.25) is 5.91 Å². The highest BCUT2D eigenvalue weighted by atomic mass is 16.5. The van der Waals surface area contributed by atoms with E-state index in [0.717, 1.165) is 45.0 Å². The monoisotopic (exact) mass is 331 g/mol. The van der Waals surface area contributed by atoms with Gasteiger partial charge in [0.1, 0.15) is 0 Å². The van der Waals surface area contributed by atoms with Crippen molar-refractivity contribution in [3.63, 3.8) is 0 Å². The van der Waals surface area contributed by atoms with Gasteiger partial charge in [-0.3, -0.25) is 9.78 Å². The lowest BCUT2D eigenvalue weighted by molar-refractivity contribution is -0.124. The lowest BCUT2D eigenvalue weighted by Crippen LogP contribution is -2.38.